The summed E-state index contributed by atoms with van der Waals surface area (Å²) in [5.41, 5.74) is -0.397. The zero-order valence-corrected chi connectivity index (χ0v) is 19.1. The Labute approximate surface area is 202 Å². The third-order valence-corrected chi connectivity index (χ3v) is 5.41. The van der Waals surface area contributed by atoms with Crippen LogP contribution in [-0.2, 0) is 10.9 Å². The lowest BCUT2D eigenvalue weighted by atomic mass is 9.89. The van der Waals surface area contributed by atoms with Gasteiger partial charge < -0.3 is 4.74 Å². The second-order valence-corrected chi connectivity index (χ2v) is 8.08. The van der Waals surface area contributed by atoms with Crippen LogP contribution in [0.15, 0.2) is 42.6 Å². The molecule has 1 fully saturated rings. The molecule has 1 aromatic carbocycles. The van der Waals surface area contributed by atoms with Crippen LogP contribution in [0.1, 0.15) is 29.9 Å². The lowest BCUT2D eigenvalue weighted by molar-refractivity contribution is -0.207. The van der Waals surface area contributed by atoms with Crippen LogP contribution >= 0.6 is 24.0 Å². The standard InChI is InChI=1S/C21H20ClF6N3O2.ClH/c22-16-6-7-18(29-10-16)30-19(32)33-17(21(26,27)28)12-31-8-2-4-14(11-31)13-3-1-5-15(9-13)20(23,24)25;/h1,3,5-7,9-10,14,17H,2,4,8,11-12H2,(H,29,30,32);1H/t14?,17-;/m0./s1. The van der Waals surface area contributed by atoms with E-state index in [4.69, 9.17) is 11.6 Å². The molecule has 0 bridgehead atoms. The van der Waals surface area contributed by atoms with Gasteiger partial charge in [-0.1, -0.05) is 29.8 Å². The Kier molecular flexibility index (Phi) is 9.44. The highest BCUT2D eigenvalue weighted by molar-refractivity contribution is 6.30. The van der Waals surface area contributed by atoms with Gasteiger partial charge in [0.15, 0.2) is 0 Å². The fourth-order valence-electron chi connectivity index (χ4n) is 3.62. The van der Waals surface area contributed by atoms with Gasteiger partial charge in [0.05, 0.1) is 10.6 Å². The number of hydrogen-bond acceptors (Lipinski definition) is 4. The number of amides is 1. The maximum absolute atomic E-state index is 13.5. The molecular formula is C21H21Cl2F6N3O2. The number of pyridine rings is 1. The smallest absolute Gasteiger partial charge is 0.426 e. The fourth-order valence-corrected chi connectivity index (χ4v) is 3.73. The summed E-state index contributed by atoms with van der Waals surface area (Å²) in [7, 11) is 0. The van der Waals surface area contributed by atoms with Gasteiger partial charge in [0, 0.05) is 19.3 Å². The van der Waals surface area contributed by atoms with Crippen molar-refractivity contribution in [1.29, 1.82) is 0 Å². The van der Waals surface area contributed by atoms with Gasteiger partial charge in [-0.2, -0.15) is 26.3 Å². The van der Waals surface area contributed by atoms with Crippen LogP contribution in [0.2, 0.25) is 5.02 Å². The highest BCUT2D eigenvalue weighted by Crippen LogP contribution is 2.34. The average molecular weight is 532 g/mol. The quantitative estimate of drug-likeness (QED) is 0.445. The van der Waals surface area contributed by atoms with Gasteiger partial charge in [0.1, 0.15) is 5.82 Å². The Morgan fingerprint density at radius 2 is 1.94 bits per heavy atom. The van der Waals surface area contributed by atoms with Crippen molar-refractivity contribution in [3.63, 3.8) is 0 Å². The summed E-state index contributed by atoms with van der Waals surface area (Å²) in [5.74, 6) is -0.407. The molecule has 0 saturated carbocycles. The number of alkyl halides is 6. The summed E-state index contributed by atoms with van der Waals surface area (Å²) >= 11 is 5.67. The SMILES string of the molecule is Cl.O=C(Nc1ccc(Cl)cn1)O[C@@H](CN1CCCC(c2cccc(C(F)(F)F)c2)C1)C(F)(F)F. The highest BCUT2D eigenvalue weighted by Gasteiger charge is 2.44. The number of aromatic nitrogens is 1. The zero-order valence-electron chi connectivity index (χ0n) is 17.5. The zero-order chi connectivity index (χ0) is 24.2. The fraction of sp³-hybridized carbons (Fsp3) is 0.429. The maximum atomic E-state index is 13.5. The molecule has 34 heavy (non-hydrogen) atoms. The molecule has 1 aliphatic rings. The largest absolute Gasteiger partial charge is 0.435 e. The summed E-state index contributed by atoms with van der Waals surface area (Å²) in [6.07, 6.45) is -10.9. The summed E-state index contributed by atoms with van der Waals surface area (Å²) < 4.78 is 84.3. The third kappa shape index (κ3) is 7.92. The lowest BCUT2D eigenvalue weighted by Gasteiger charge is -2.35. The monoisotopic (exact) mass is 531 g/mol. The minimum atomic E-state index is -4.84. The van der Waals surface area contributed by atoms with E-state index in [1.54, 1.807) is 0 Å². The number of nitrogens with zero attached hydrogens (tertiary/aromatic N) is 2. The molecule has 1 aliphatic heterocycles. The molecule has 2 atom stereocenters. The van der Waals surface area contributed by atoms with Crippen LogP contribution in [-0.4, -0.2) is 47.9 Å². The second-order valence-electron chi connectivity index (χ2n) is 7.64. The van der Waals surface area contributed by atoms with Crippen molar-refractivity contribution in [3.8, 4) is 0 Å². The number of rotatable bonds is 5. The van der Waals surface area contributed by atoms with Gasteiger partial charge in [-0.15, -0.1) is 12.4 Å². The van der Waals surface area contributed by atoms with Crippen molar-refractivity contribution in [2.45, 2.75) is 37.2 Å². The van der Waals surface area contributed by atoms with E-state index in [0.717, 1.165) is 12.1 Å². The summed E-state index contributed by atoms with van der Waals surface area (Å²) in [4.78, 5) is 17.2. The molecule has 2 aromatic rings. The molecule has 0 aliphatic carbocycles. The molecule has 0 spiro atoms. The number of carbonyl (C=O) groups is 1. The van der Waals surface area contributed by atoms with Gasteiger partial charge in [-0.05, 0) is 49.1 Å². The van der Waals surface area contributed by atoms with E-state index in [1.165, 1.54) is 35.4 Å². The molecule has 1 amide bonds. The maximum Gasteiger partial charge on any atom is 0.426 e. The molecule has 13 heteroatoms. The molecule has 1 unspecified atom stereocenters. The number of likely N-dealkylation sites (tertiary alicyclic amines) is 1. The molecule has 5 nitrogen and oxygen atoms in total. The van der Waals surface area contributed by atoms with Crippen molar-refractivity contribution in [1.82, 2.24) is 9.88 Å². The first kappa shape index (κ1) is 28.0. The minimum absolute atomic E-state index is 0. The Morgan fingerprint density at radius 1 is 1.21 bits per heavy atom. The van der Waals surface area contributed by atoms with Gasteiger partial charge in [0.25, 0.3) is 0 Å². The molecular weight excluding hydrogens is 511 g/mol. The number of piperidine rings is 1. The second kappa shape index (κ2) is 11.5. The van der Waals surface area contributed by atoms with Crippen LogP contribution in [0.25, 0.3) is 0 Å². The summed E-state index contributed by atoms with van der Waals surface area (Å²) in [6.45, 7) is -0.232. The van der Waals surface area contributed by atoms with Crippen molar-refractivity contribution in [3.05, 3.63) is 58.7 Å². The topological polar surface area (TPSA) is 54.5 Å². The van der Waals surface area contributed by atoms with Crippen molar-refractivity contribution < 1.29 is 35.9 Å². The minimum Gasteiger partial charge on any atom is -0.435 e. The van der Waals surface area contributed by atoms with Gasteiger partial charge in [-0.3, -0.25) is 10.2 Å². The Hall–Kier alpha value is -2.24. The van der Waals surface area contributed by atoms with E-state index >= 15 is 0 Å². The van der Waals surface area contributed by atoms with Crippen LogP contribution in [0.4, 0.5) is 37.0 Å². The number of hydrogen-bond donors (Lipinski definition) is 1. The average Bonchev–Trinajstić information content (AvgIpc) is 2.74. The van der Waals surface area contributed by atoms with E-state index in [0.29, 0.717) is 24.9 Å². The number of carbonyl (C=O) groups excluding carboxylic acids is 1. The van der Waals surface area contributed by atoms with E-state index in [9.17, 15) is 31.1 Å². The van der Waals surface area contributed by atoms with E-state index in [2.05, 4.69) is 15.0 Å². The first-order valence-electron chi connectivity index (χ1n) is 9.97. The molecule has 3 rings (SSSR count). The van der Waals surface area contributed by atoms with Gasteiger partial charge in [0.2, 0.25) is 6.10 Å². The van der Waals surface area contributed by atoms with E-state index < -0.39 is 36.7 Å². The van der Waals surface area contributed by atoms with Crippen LogP contribution < -0.4 is 5.32 Å². The van der Waals surface area contributed by atoms with E-state index in [-0.39, 0.29) is 35.7 Å². The van der Waals surface area contributed by atoms with Crippen LogP contribution in [0, 0.1) is 0 Å². The highest BCUT2D eigenvalue weighted by atomic mass is 35.5. The first-order valence-corrected chi connectivity index (χ1v) is 10.3. The summed E-state index contributed by atoms with van der Waals surface area (Å²) in [5, 5.41) is 2.39. The number of benzene rings is 1. The van der Waals surface area contributed by atoms with Gasteiger partial charge in [-0.25, -0.2) is 9.78 Å². The number of halogens is 8. The number of nitrogens with one attached hydrogen (secondary N) is 1. The molecule has 2 heterocycles. The first-order chi connectivity index (χ1) is 15.4. The number of anilines is 1. The lowest BCUT2D eigenvalue weighted by Crippen LogP contribution is -2.47. The Bertz CT molecular complexity index is 957. The number of ether oxygens (including phenoxy) is 1. The van der Waals surface area contributed by atoms with Crippen LogP contribution in [0.3, 0.4) is 0 Å². The predicted octanol–water partition coefficient (Wildman–Crippen LogP) is 6.53. The molecule has 1 saturated heterocycles. The molecule has 1 aromatic heterocycles. The van der Waals surface area contributed by atoms with Crippen molar-refractivity contribution >= 4 is 35.9 Å². The molecule has 0 radical (unpaired) electrons. The van der Waals surface area contributed by atoms with E-state index in [1.807, 2.05) is 0 Å². The van der Waals surface area contributed by atoms with Crippen molar-refractivity contribution in [2.24, 2.45) is 0 Å². The predicted molar refractivity (Wildman–Crippen MR) is 116 cm³/mol. The third-order valence-electron chi connectivity index (χ3n) is 5.19. The Balaban J connectivity index is 0.00000408. The molecule has 188 valence electrons. The Morgan fingerprint density at radius 3 is 2.56 bits per heavy atom. The van der Waals surface area contributed by atoms with Crippen LogP contribution in [0.5, 0.6) is 0 Å². The van der Waals surface area contributed by atoms with Crippen molar-refractivity contribution in [2.75, 3.05) is 25.0 Å². The summed E-state index contributed by atoms with van der Waals surface area (Å²) in [6, 6.07) is 7.50. The normalized spacial score (nSPS) is 18.0. The van der Waals surface area contributed by atoms with Gasteiger partial charge >= 0.3 is 18.4 Å². The molecule has 1 N–H and O–H groups in total.